The molecule has 0 unspecified atom stereocenters. The van der Waals surface area contributed by atoms with Crippen LogP contribution in [-0.4, -0.2) is 19.6 Å². The molecule has 1 aliphatic rings. The molecule has 0 aliphatic heterocycles. The summed E-state index contributed by atoms with van der Waals surface area (Å²) in [4.78, 5) is 20.2. The van der Waals surface area contributed by atoms with E-state index >= 15 is 0 Å². The van der Waals surface area contributed by atoms with E-state index in [2.05, 4.69) is 20.9 Å². The predicted molar refractivity (Wildman–Crippen MR) is 92.7 cm³/mol. The van der Waals surface area contributed by atoms with Crippen LogP contribution in [0.15, 0.2) is 33.5 Å². The summed E-state index contributed by atoms with van der Waals surface area (Å²) < 4.78 is 2.73. The standard InChI is InChI=1S/C17H17BrN4O/c1-2-13-14-17(23)20-15(11-7-4-8-12(18)9-11)21-22(14)16(19-13)10-5-3-6-10/h4,7-10H,2-3,5-6H2,1H3,(H,20,21,23). The first kappa shape index (κ1) is 14.6. The van der Waals surface area contributed by atoms with Crippen LogP contribution >= 0.6 is 15.9 Å². The molecule has 5 nitrogen and oxygen atoms in total. The van der Waals surface area contributed by atoms with E-state index in [-0.39, 0.29) is 5.56 Å². The minimum atomic E-state index is -0.120. The Morgan fingerprint density at radius 1 is 1.39 bits per heavy atom. The van der Waals surface area contributed by atoms with Crippen LogP contribution in [-0.2, 0) is 6.42 Å². The van der Waals surface area contributed by atoms with Gasteiger partial charge in [0.25, 0.3) is 5.56 Å². The highest BCUT2D eigenvalue weighted by Crippen LogP contribution is 2.36. The number of benzene rings is 1. The van der Waals surface area contributed by atoms with Crippen molar-refractivity contribution in [3.63, 3.8) is 0 Å². The van der Waals surface area contributed by atoms with Gasteiger partial charge in [-0.25, -0.2) is 9.50 Å². The van der Waals surface area contributed by atoms with Crippen LogP contribution in [0.1, 0.15) is 43.6 Å². The monoisotopic (exact) mass is 372 g/mol. The van der Waals surface area contributed by atoms with E-state index in [0.29, 0.717) is 17.3 Å². The lowest BCUT2D eigenvalue weighted by atomic mass is 9.85. The number of fused-ring (bicyclic) bond motifs is 1. The summed E-state index contributed by atoms with van der Waals surface area (Å²) in [6.07, 6.45) is 4.21. The Morgan fingerprint density at radius 2 is 2.22 bits per heavy atom. The van der Waals surface area contributed by atoms with E-state index in [1.807, 2.05) is 31.2 Å². The zero-order valence-corrected chi connectivity index (χ0v) is 14.4. The Bertz CT molecular complexity index is 939. The zero-order chi connectivity index (χ0) is 16.0. The van der Waals surface area contributed by atoms with Gasteiger partial charge in [0.05, 0.1) is 5.69 Å². The number of aromatic nitrogens is 4. The fourth-order valence-electron chi connectivity index (χ4n) is 3.04. The molecule has 2 aromatic heterocycles. The first-order valence-electron chi connectivity index (χ1n) is 7.95. The van der Waals surface area contributed by atoms with Crippen molar-refractivity contribution in [3.05, 3.63) is 50.6 Å². The number of nitrogens with one attached hydrogen (secondary N) is 1. The smallest absolute Gasteiger partial charge is 0.277 e. The maximum Gasteiger partial charge on any atom is 0.277 e. The fraction of sp³-hybridized carbons (Fsp3) is 0.353. The minimum absolute atomic E-state index is 0.120. The Kier molecular flexibility index (Phi) is 3.56. The second kappa shape index (κ2) is 5.60. The third-order valence-electron chi connectivity index (χ3n) is 4.50. The van der Waals surface area contributed by atoms with Crippen molar-refractivity contribution >= 4 is 21.4 Å². The predicted octanol–water partition coefficient (Wildman–Crippen LogP) is 3.68. The number of nitrogens with zero attached hydrogens (tertiary/aromatic N) is 3. The molecule has 0 saturated heterocycles. The largest absolute Gasteiger partial charge is 0.303 e. The van der Waals surface area contributed by atoms with Crippen LogP contribution in [0.2, 0.25) is 0 Å². The summed E-state index contributed by atoms with van der Waals surface area (Å²) in [5.41, 5.74) is 2.18. The van der Waals surface area contributed by atoms with Gasteiger partial charge in [0.15, 0.2) is 11.3 Å². The van der Waals surface area contributed by atoms with Crippen LogP contribution in [0.3, 0.4) is 0 Å². The molecule has 6 heteroatoms. The number of halogens is 1. The van der Waals surface area contributed by atoms with Gasteiger partial charge in [-0.2, -0.15) is 0 Å². The number of hydrogen-bond donors (Lipinski definition) is 1. The highest BCUT2D eigenvalue weighted by atomic mass is 79.9. The quantitative estimate of drug-likeness (QED) is 0.762. The maximum atomic E-state index is 12.6. The molecule has 0 bridgehead atoms. The number of H-pyrrole nitrogens is 1. The summed E-state index contributed by atoms with van der Waals surface area (Å²) in [6.45, 7) is 2.02. The minimum Gasteiger partial charge on any atom is -0.303 e. The van der Waals surface area contributed by atoms with Gasteiger partial charge in [0, 0.05) is 16.0 Å². The van der Waals surface area contributed by atoms with Crippen molar-refractivity contribution in [3.8, 4) is 11.4 Å². The molecule has 0 atom stereocenters. The second-order valence-corrected chi connectivity index (χ2v) is 6.89. The highest BCUT2D eigenvalue weighted by Gasteiger charge is 2.27. The van der Waals surface area contributed by atoms with Gasteiger partial charge < -0.3 is 4.98 Å². The Hall–Kier alpha value is -1.95. The molecule has 2 heterocycles. The van der Waals surface area contributed by atoms with Crippen molar-refractivity contribution < 1.29 is 0 Å². The summed E-state index contributed by atoms with van der Waals surface area (Å²) in [5, 5.41) is 4.70. The van der Waals surface area contributed by atoms with Crippen molar-refractivity contribution in [2.45, 2.75) is 38.5 Å². The molecule has 1 aromatic carbocycles. The topological polar surface area (TPSA) is 63.1 Å². The maximum absolute atomic E-state index is 12.6. The molecule has 1 aliphatic carbocycles. The molecule has 3 aromatic rings. The van der Waals surface area contributed by atoms with Crippen molar-refractivity contribution in [2.75, 3.05) is 0 Å². The number of hydrogen-bond acceptors (Lipinski definition) is 3. The van der Waals surface area contributed by atoms with E-state index in [1.165, 1.54) is 6.42 Å². The third-order valence-corrected chi connectivity index (χ3v) is 5.00. The summed E-state index contributed by atoms with van der Waals surface area (Å²) in [5.74, 6) is 1.93. The first-order chi connectivity index (χ1) is 11.2. The van der Waals surface area contributed by atoms with E-state index in [1.54, 1.807) is 4.52 Å². The molecule has 4 rings (SSSR count). The Balaban J connectivity index is 1.97. The lowest BCUT2D eigenvalue weighted by Crippen LogP contribution is -2.18. The fourth-order valence-corrected chi connectivity index (χ4v) is 3.44. The van der Waals surface area contributed by atoms with E-state index in [4.69, 9.17) is 10.1 Å². The molecule has 0 radical (unpaired) electrons. The molecule has 0 amide bonds. The molecule has 0 spiro atoms. The normalized spacial score (nSPS) is 15.0. The second-order valence-electron chi connectivity index (χ2n) is 5.97. The first-order valence-corrected chi connectivity index (χ1v) is 8.74. The van der Waals surface area contributed by atoms with Crippen LogP contribution in [0, 0.1) is 0 Å². The zero-order valence-electron chi connectivity index (χ0n) is 12.8. The molecular weight excluding hydrogens is 356 g/mol. The molecule has 1 saturated carbocycles. The van der Waals surface area contributed by atoms with Gasteiger partial charge in [-0.1, -0.05) is 41.4 Å². The summed E-state index contributed by atoms with van der Waals surface area (Å²) in [7, 11) is 0. The lowest BCUT2D eigenvalue weighted by molar-refractivity contribution is 0.395. The number of imidazole rings is 1. The van der Waals surface area contributed by atoms with Gasteiger partial charge in [0.1, 0.15) is 5.82 Å². The van der Waals surface area contributed by atoms with Crippen LogP contribution in [0.5, 0.6) is 0 Å². The van der Waals surface area contributed by atoms with Crippen molar-refractivity contribution in [1.82, 2.24) is 19.6 Å². The van der Waals surface area contributed by atoms with Crippen LogP contribution in [0.25, 0.3) is 16.9 Å². The number of aromatic amines is 1. The third kappa shape index (κ3) is 2.41. The molecule has 23 heavy (non-hydrogen) atoms. The molecular formula is C17H17BrN4O. The average molecular weight is 373 g/mol. The number of rotatable bonds is 3. The summed E-state index contributed by atoms with van der Waals surface area (Å²) >= 11 is 3.46. The van der Waals surface area contributed by atoms with Crippen LogP contribution < -0.4 is 5.56 Å². The number of aryl methyl sites for hydroxylation is 1. The summed E-state index contributed by atoms with van der Waals surface area (Å²) in [6, 6.07) is 7.77. The highest BCUT2D eigenvalue weighted by molar-refractivity contribution is 9.10. The average Bonchev–Trinajstić information content (AvgIpc) is 2.85. The van der Waals surface area contributed by atoms with Gasteiger partial charge in [0.2, 0.25) is 0 Å². The molecule has 118 valence electrons. The van der Waals surface area contributed by atoms with Gasteiger partial charge >= 0.3 is 0 Å². The van der Waals surface area contributed by atoms with Crippen molar-refractivity contribution in [2.24, 2.45) is 0 Å². The Labute approximate surface area is 141 Å². The van der Waals surface area contributed by atoms with E-state index in [9.17, 15) is 4.79 Å². The van der Waals surface area contributed by atoms with E-state index < -0.39 is 0 Å². The Morgan fingerprint density at radius 3 is 2.87 bits per heavy atom. The molecule has 1 fully saturated rings. The molecule has 1 N–H and O–H groups in total. The van der Waals surface area contributed by atoms with Gasteiger partial charge in [-0.3, -0.25) is 4.79 Å². The SMILES string of the molecule is CCc1nc(C2CCC2)n2nc(-c3cccc(Br)c3)[nH]c(=O)c12. The lowest BCUT2D eigenvalue weighted by Gasteiger charge is -2.23. The van der Waals surface area contributed by atoms with Gasteiger partial charge in [-0.15, -0.1) is 5.10 Å². The van der Waals surface area contributed by atoms with Crippen LogP contribution in [0.4, 0.5) is 0 Å². The van der Waals surface area contributed by atoms with Crippen molar-refractivity contribution in [1.29, 1.82) is 0 Å². The van der Waals surface area contributed by atoms with Gasteiger partial charge in [-0.05, 0) is 31.4 Å². The van der Waals surface area contributed by atoms with E-state index in [0.717, 1.165) is 40.8 Å².